The zero-order valence-electron chi connectivity index (χ0n) is 13.8. The molecule has 0 N–H and O–H groups in total. The van der Waals surface area contributed by atoms with Crippen LogP contribution >= 0.6 is 0 Å². The number of rotatable bonds is 5. The van der Waals surface area contributed by atoms with E-state index in [0.717, 1.165) is 11.5 Å². The quantitative estimate of drug-likeness (QED) is 0.707. The molecule has 1 aromatic carbocycles. The molecule has 0 saturated carbocycles. The van der Waals surface area contributed by atoms with Gasteiger partial charge in [-0.1, -0.05) is 23.4 Å². The Hall–Kier alpha value is -2.93. The molecule has 1 aliphatic heterocycles. The summed E-state index contributed by atoms with van der Waals surface area (Å²) in [7, 11) is 1.98. The van der Waals surface area contributed by atoms with Gasteiger partial charge < -0.3 is 14.0 Å². The number of benzene rings is 1. The van der Waals surface area contributed by atoms with E-state index in [-0.39, 0.29) is 6.10 Å². The summed E-state index contributed by atoms with van der Waals surface area (Å²) >= 11 is 0. The van der Waals surface area contributed by atoms with Crippen molar-refractivity contribution in [1.82, 2.24) is 20.0 Å². The summed E-state index contributed by atoms with van der Waals surface area (Å²) in [5.41, 5.74) is 0.695. The zero-order chi connectivity index (χ0) is 17.1. The second-order valence-corrected chi connectivity index (χ2v) is 5.92. The van der Waals surface area contributed by atoms with Gasteiger partial charge >= 0.3 is 0 Å². The van der Waals surface area contributed by atoms with Gasteiger partial charge in [-0.2, -0.15) is 4.98 Å². The minimum absolute atomic E-state index is 0.0434. The van der Waals surface area contributed by atoms with Crippen molar-refractivity contribution in [3.8, 4) is 23.0 Å². The highest BCUT2D eigenvalue weighted by Crippen LogP contribution is 2.31. The molecule has 2 aromatic heterocycles. The summed E-state index contributed by atoms with van der Waals surface area (Å²) < 4.78 is 17.0. The van der Waals surface area contributed by atoms with Crippen LogP contribution in [0.1, 0.15) is 5.89 Å². The van der Waals surface area contributed by atoms with Crippen LogP contribution in [0.5, 0.6) is 11.5 Å². The van der Waals surface area contributed by atoms with E-state index in [9.17, 15) is 0 Å². The fraction of sp³-hybridized carbons (Fsp3) is 0.278. The van der Waals surface area contributed by atoms with Gasteiger partial charge in [0.25, 0.3) is 0 Å². The molecule has 0 bridgehead atoms. The molecule has 1 unspecified atom stereocenters. The van der Waals surface area contributed by atoms with Gasteiger partial charge in [-0.25, -0.2) is 0 Å². The van der Waals surface area contributed by atoms with Crippen LogP contribution in [0.4, 0.5) is 0 Å². The van der Waals surface area contributed by atoms with Crippen molar-refractivity contribution in [1.29, 1.82) is 0 Å². The Morgan fingerprint density at radius 1 is 1.12 bits per heavy atom. The van der Waals surface area contributed by atoms with Gasteiger partial charge in [0.15, 0.2) is 11.5 Å². The third-order valence-electron chi connectivity index (χ3n) is 3.85. The van der Waals surface area contributed by atoms with Crippen LogP contribution in [0.15, 0.2) is 53.2 Å². The van der Waals surface area contributed by atoms with Gasteiger partial charge in [0, 0.05) is 12.7 Å². The largest absolute Gasteiger partial charge is 0.486 e. The Balaban J connectivity index is 1.35. The standard InChI is InChI=1S/C18H18N4O3/c1-22(10-13-12-23-15-7-2-3-8-16(15)24-13)11-17-20-18(21-25-17)14-6-4-5-9-19-14/h2-9,13H,10-12H2,1H3. The van der Waals surface area contributed by atoms with E-state index in [1.165, 1.54) is 0 Å². The van der Waals surface area contributed by atoms with Crippen molar-refractivity contribution in [2.75, 3.05) is 20.2 Å². The van der Waals surface area contributed by atoms with Gasteiger partial charge in [0.1, 0.15) is 18.4 Å². The lowest BCUT2D eigenvalue weighted by Gasteiger charge is -2.29. The van der Waals surface area contributed by atoms with Crippen molar-refractivity contribution in [2.24, 2.45) is 0 Å². The topological polar surface area (TPSA) is 73.5 Å². The van der Waals surface area contributed by atoms with Crippen LogP contribution in [0.25, 0.3) is 11.5 Å². The number of ether oxygens (including phenoxy) is 2. The Bertz CT molecular complexity index is 837. The lowest BCUT2D eigenvalue weighted by molar-refractivity contribution is 0.0613. The molecule has 0 fully saturated rings. The third kappa shape index (κ3) is 3.61. The maximum atomic E-state index is 5.97. The Morgan fingerprint density at radius 2 is 1.96 bits per heavy atom. The molecule has 25 heavy (non-hydrogen) atoms. The first kappa shape index (κ1) is 15.6. The number of hydrogen-bond acceptors (Lipinski definition) is 7. The fourth-order valence-electron chi connectivity index (χ4n) is 2.71. The molecule has 0 spiro atoms. The number of hydrogen-bond donors (Lipinski definition) is 0. The highest BCUT2D eigenvalue weighted by molar-refractivity contribution is 5.47. The molecule has 7 nitrogen and oxygen atoms in total. The summed E-state index contributed by atoms with van der Waals surface area (Å²) in [5, 5.41) is 3.98. The first-order valence-electron chi connectivity index (χ1n) is 8.09. The van der Waals surface area contributed by atoms with E-state index in [1.807, 2.05) is 49.5 Å². The van der Waals surface area contributed by atoms with E-state index >= 15 is 0 Å². The van der Waals surface area contributed by atoms with Gasteiger partial charge in [-0.15, -0.1) is 0 Å². The molecule has 1 atom stereocenters. The molecule has 0 radical (unpaired) electrons. The van der Waals surface area contributed by atoms with Crippen LogP contribution in [-0.4, -0.2) is 46.3 Å². The normalized spacial score (nSPS) is 16.2. The van der Waals surface area contributed by atoms with Gasteiger partial charge in [0.2, 0.25) is 11.7 Å². The lowest BCUT2D eigenvalue weighted by atomic mass is 10.2. The molecule has 0 amide bonds. The first-order valence-corrected chi connectivity index (χ1v) is 8.09. The Kier molecular flexibility index (Phi) is 4.30. The number of fused-ring (bicyclic) bond motifs is 1. The van der Waals surface area contributed by atoms with Crippen molar-refractivity contribution < 1.29 is 14.0 Å². The molecular weight excluding hydrogens is 320 g/mol. The molecule has 3 heterocycles. The van der Waals surface area contributed by atoms with Crippen molar-refractivity contribution in [3.63, 3.8) is 0 Å². The predicted octanol–water partition coefficient (Wildman–Crippen LogP) is 2.40. The van der Waals surface area contributed by atoms with Crippen LogP contribution in [0.3, 0.4) is 0 Å². The molecule has 1 aliphatic rings. The average molecular weight is 338 g/mol. The summed E-state index contributed by atoms with van der Waals surface area (Å²) in [4.78, 5) is 10.7. The number of para-hydroxylation sites is 2. The molecule has 3 aromatic rings. The van der Waals surface area contributed by atoms with E-state index < -0.39 is 0 Å². The second-order valence-electron chi connectivity index (χ2n) is 5.92. The van der Waals surface area contributed by atoms with E-state index in [1.54, 1.807) is 6.20 Å². The van der Waals surface area contributed by atoms with E-state index in [4.69, 9.17) is 14.0 Å². The highest BCUT2D eigenvalue weighted by atomic mass is 16.6. The van der Waals surface area contributed by atoms with Gasteiger partial charge in [-0.05, 0) is 31.3 Å². The number of nitrogens with zero attached hydrogens (tertiary/aromatic N) is 4. The first-order chi connectivity index (χ1) is 12.3. The molecule has 0 saturated heterocycles. The zero-order valence-corrected chi connectivity index (χ0v) is 13.8. The van der Waals surface area contributed by atoms with Crippen LogP contribution in [-0.2, 0) is 6.54 Å². The van der Waals surface area contributed by atoms with E-state index in [2.05, 4.69) is 20.0 Å². The monoisotopic (exact) mass is 338 g/mol. The predicted molar refractivity (Wildman–Crippen MR) is 90.2 cm³/mol. The maximum absolute atomic E-state index is 5.97. The van der Waals surface area contributed by atoms with Crippen LogP contribution < -0.4 is 9.47 Å². The molecule has 7 heteroatoms. The number of aromatic nitrogens is 3. The second kappa shape index (κ2) is 6.90. The van der Waals surface area contributed by atoms with Gasteiger partial charge in [0.05, 0.1) is 6.54 Å². The molecule has 0 aliphatic carbocycles. The third-order valence-corrected chi connectivity index (χ3v) is 3.85. The van der Waals surface area contributed by atoms with Crippen LogP contribution in [0.2, 0.25) is 0 Å². The number of likely N-dealkylation sites (N-methyl/N-ethyl adjacent to an activating group) is 1. The lowest BCUT2D eigenvalue weighted by Crippen LogP contribution is -2.39. The molecule has 128 valence electrons. The van der Waals surface area contributed by atoms with Crippen molar-refractivity contribution in [3.05, 3.63) is 54.6 Å². The van der Waals surface area contributed by atoms with E-state index in [0.29, 0.717) is 37.1 Å². The Labute approximate surface area is 145 Å². The highest BCUT2D eigenvalue weighted by Gasteiger charge is 2.22. The summed E-state index contributed by atoms with van der Waals surface area (Å²) in [6, 6.07) is 13.3. The molecular formula is C18H18N4O3. The summed E-state index contributed by atoms with van der Waals surface area (Å²) in [6.45, 7) is 1.74. The van der Waals surface area contributed by atoms with Gasteiger partial charge in [-0.3, -0.25) is 9.88 Å². The minimum atomic E-state index is -0.0434. The van der Waals surface area contributed by atoms with Crippen LogP contribution in [0, 0.1) is 0 Å². The minimum Gasteiger partial charge on any atom is -0.486 e. The SMILES string of the molecule is CN(Cc1nc(-c2ccccn2)no1)CC1COc2ccccc2O1. The van der Waals surface area contributed by atoms with Crippen molar-refractivity contribution >= 4 is 0 Å². The maximum Gasteiger partial charge on any atom is 0.241 e. The smallest absolute Gasteiger partial charge is 0.241 e. The Morgan fingerprint density at radius 3 is 2.80 bits per heavy atom. The summed E-state index contributed by atoms with van der Waals surface area (Å²) in [5.74, 6) is 2.61. The summed E-state index contributed by atoms with van der Waals surface area (Å²) in [6.07, 6.45) is 1.66. The molecule has 4 rings (SSSR count). The van der Waals surface area contributed by atoms with Crippen molar-refractivity contribution in [2.45, 2.75) is 12.6 Å². The fourth-order valence-corrected chi connectivity index (χ4v) is 2.71. The number of pyridine rings is 1. The average Bonchev–Trinajstić information content (AvgIpc) is 3.10.